The van der Waals surface area contributed by atoms with Crippen molar-refractivity contribution in [1.82, 2.24) is 15.1 Å². The molecule has 0 radical (unpaired) electrons. The van der Waals surface area contributed by atoms with Gasteiger partial charge in [-0.1, -0.05) is 13.8 Å². The number of aliphatic hydroxyl groups excluding tert-OH is 1. The average molecular weight is 311 g/mol. The summed E-state index contributed by atoms with van der Waals surface area (Å²) in [6, 6.07) is 0.240. The molecule has 0 bridgehead atoms. The summed E-state index contributed by atoms with van der Waals surface area (Å²) in [5.74, 6) is 0.592. The van der Waals surface area contributed by atoms with Crippen LogP contribution in [-0.2, 0) is 9.59 Å². The van der Waals surface area contributed by atoms with Gasteiger partial charge in [-0.3, -0.25) is 14.5 Å². The lowest BCUT2D eigenvalue weighted by atomic mass is 10.1. The smallest absolute Gasteiger partial charge is 0.242 e. The summed E-state index contributed by atoms with van der Waals surface area (Å²) in [5.41, 5.74) is 0. The second-order valence-electron chi connectivity index (χ2n) is 6.82. The van der Waals surface area contributed by atoms with Crippen molar-refractivity contribution in [1.29, 1.82) is 0 Å². The van der Waals surface area contributed by atoms with Crippen LogP contribution in [0.4, 0.5) is 0 Å². The van der Waals surface area contributed by atoms with Crippen LogP contribution >= 0.6 is 0 Å². The van der Waals surface area contributed by atoms with E-state index in [4.69, 9.17) is 0 Å². The molecule has 1 saturated carbocycles. The zero-order valence-corrected chi connectivity index (χ0v) is 13.8. The normalized spacial score (nSPS) is 22.9. The van der Waals surface area contributed by atoms with E-state index in [0.717, 1.165) is 19.0 Å². The molecule has 2 amide bonds. The lowest BCUT2D eigenvalue weighted by Crippen LogP contribution is -2.56. The Kier molecular flexibility index (Phi) is 6.20. The molecule has 2 rings (SSSR count). The second-order valence-corrected chi connectivity index (χ2v) is 6.82. The van der Waals surface area contributed by atoms with Crippen LogP contribution in [0.1, 0.15) is 33.1 Å². The van der Waals surface area contributed by atoms with E-state index in [0.29, 0.717) is 19.5 Å². The van der Waals surface area contributed by atoms with Gasteiger partial charge in [-0.2, -0.15) is 0 Å². The number of hydrogen-bond donors (Lipinski definition) is 2. The van der Waals surface area contributed by atoms with E-state index < -0.39 is 0 Å². The topological polar surface area (TPSA) is 72.9 Å². The van der Waals surface area contributed by atoms with E-state index in [1.54, 1.807) is 0 Å². The van der Waals surface area contributed by atoms with Crippen LogP contribution in [-0.4, -0.2) is 72.1 Å². The van der Waals surface area contributed by atoms with Gasteiger partial charge in [0.1, 0.15) is 0 Å². The molecule has 0 aromatic heterocycles. The van der Waals surface area contributed by atoms with Crippen molar-refractivity contribution in [3.8, 4) is 0 Å². The van der Waals surface area contributed by atoms with Crippen LogP contribution in [0.3, 0.4) is 0 Å². The summed E-state index contributed by atoms with van der Waals surface area (Å²) < 4.78 is 0. The molecule has 0 aromatic rings. The SMILES string of the molecule is CC(C)C(=O)NCC(=O)N1CCN(CC2CC2)[C@@H](CCO)C1. The van der Waals surface area contributed by atoms with Crippen LogP contribution in [0.25, 0.3) is 0 Å². The number of carbonyl (C=O) groups excluding carboxylic acids is 2. The van der Waals surface area contributed by atoms with E-state index in [9.17, 15) is 14.7 Å². The molecule has 1 atom stereocenters. The maximum Gasteiger partial charge on any atom is 0.242 e. The molecule has 0 spiro atoms. The number of amides is 2. The Hall–Kier alpha value is -1.14. The number of piperazine rings is 1. The van der Waals surface area contributed by atoms with E-state index in [1.165, 1.54) is 12.8 Å². The van der Waals surface area contributed by atoms with Gasteiger partial charge in [0.15, 0.2) is 0 Å². The number of rotatable bonds is 7. The van der Waals surface area contributed by atoms with Gasteiger partial charge in [0.25, 0.3) is 0 Å². The summed E-state index contributed by atoms with van der Waals surface area (Å²) in [7, 11) is 0. The Balaban J connectivity index is 1.81. The van der Waals surface area contributed by atoms with Gasteiger partial charge in [-0.05, 0) is 25.2 Å². The minimum Gasteiger partial charge on any atom is -0.396 e. The highest BCUT2D eigenvalue weighted by Crippen LogP contribution is 2.31. The summed E-state index contributed by atoms with van der Waals surface area (Å²) in [6.07, 6.45) is 3.33. The Labute approximate surface area is 132 Å². The highest BCUT2D eigenvalue weighted by Gasteiger charge is 2.33. The van der Waals surface area contributed by atoms with Crippen molar-refractivity contribution in [2.75, 3.05) is 39.3 Å². The lowest BCUT2D eigenvalue weighted by Gasteiger charge is -2.41. The lowest BCUT2D eigenvalue weighted by molar-refractivity contribution is -0.136. The van der Waals surface area contributed by atoms with Gasteiger partial charge in [0.2, 0.25) is 11.8 Å². The molecular formula is C16H29N3O3. The van der Waals surface area contributed by atoms with Gasteiger partial charge in [-0.15, -0.1) is 0 Å². The quantitative estimate of drug-likeness (QED) is 0.697. The third kappa shape index (κ3) is 4.95. The first-order chi connectivity index (χ1) is 10.5. The molecule has 2 aliphatic rings. The number of nitrogens with zero attached hydrogens (tertiary/aromatic N) is 2. The molecule has 1 heterocycles. The molecule has 6 nitrogen and oxygen atoms in total. The van der Waals surface area contributed by atoms with Gasteiger partial charge in [0, 0.05) is 44.7 Å². The number of hydrogen-bond acceptors (Lipinski definition) is 4. The number of carbonyl (C=O) groups is 2. The van der Waals surface area contributed by atoms with E-state index in [-0.39, 0.29) is 36.9 Å². The van der Waals surface area contributed by atoms with Crippen molar-refractivity contribution in [2.45, 2.75) is 39.2 Å². The molecular weight excluding hydrogens is 282 g/mol. The Morgan fingerprint density at radius 1 is 1.27 bits per heavy atom. The first kappa shape index (κ1) is 17.2. The third-order valence-electron chi connectivity index (χ3n) is 4.55. The fourth-order valence-corrected chi connectivity index (χ4v) is 2.89. The highest BCUT2D eigenvalue weighted by molar-refractivity contribution is 5.85. The maximum atomic E-state index is 12.2. The summed E-state index contributed by atoms with van der Waals surface area (Å²) in [6.45, 7) is 7.18. The van der Waals surface area contributed by atoms with Crippen molar-refractivity contribution < 1.29 is 14.7 Å². The second kappa shape index (κ2) is 7.92. The molecule has 0 aromatic carbocycles. The zero-order chi connectivity index (χ0) is 16.1. The van der Waals surface area contributed by atoms with Gasteiger partial charge in [0.05, 0.1) is 6.54 Å². The first-order valence-electron chi connectivity index (χ1n) is 8.41. The van der Waals surface area contributed by atoms with Gasteiger partial charge < -0.3 is 15.3 Å². The number of aliphatic hydroxyl groups is 1. The average Bonchev–Trinajstić information content (AvgIpc) is 3.30. The maximum absolute atomic E-state index is 12.2. The molecule has 0 unspecified atom stereocenters. The Morgan fingerprint density at radius 2 is 2.00 bits per heavy atom. The van der Waals surface area contributed by atoms with Crippen molar-refractivity contribution >= 4 is 11.8 Å². The fourth-order valence-electron chi connectivity index (χ4n) is 2.89. The largest absolute Gasteiger partial charge is 0.396 e. The molecule has 6 heteroatoms. The molecule has 126 valence electrons. The summed E-state index contributed by atoms with van der Waals surface area (Å²) >= 11 is 0. The zero-order valence-electron chi connectivity index (χ0n) is 13.8. The van der Waals surface area contributed by atoms with Gasteiger partial charge in [-0.25, -0.2) is 0 Å². The van der Waals surface area contributed by atoms with Crippen LogP contribution < -0.4 is 5.32 Å². The summed E-state index contributed by atoms with van der Waals surface area (Å²) in [4.78, 5) is 28.0. The minimum absolute atomic E-state index is 0.0250. The molecule has 1 saturated heterocycles. The Bertz CT molecular complexity index is 396. The molecule has 1 aliphatic heterocycles. The number of nitrogens with one attached hydrogen (secondary N) is 1. The molecule has 1 aliphatic carbocycles. The predicted octanol–water partition coefficient (Wildman–Crippen LogP) is 0.0638. The van der Waals surface area contributed by atoms with Gasteiger partial charge >= 0.3 is 0 Å². The predicted molar refractivity (Wildman–Crippen MR) is 84.2 cm³/mol. The fraction of sp³-hybridized carbons (Fsp3) is 0.875. The van der Waals surface area contributed by atoms with E-state index in [1.807, 2.05) is 18.7 Å². The van der Waals surface area contributed by atoms with E-state index >= 15 is 0 Å². The third-order valence-corrected chi connectivity index (χ3v) is 4.55. The van der Waals surface area contributed by atoms with Crippen LogP contribution in [0.15, 0.2) is 0 Å². The molecule has 2 N–H and O–H groups in total. The molecule has 22 heavy (non-hydrogen) atoms. The molecule has 2 fully saturated rings. The van der Waals surface area contributed by atoms with Crippen LogP contribution in [0.5, 0.6) is 0 Å². The first-order valence-corrected chi connectivity index (χ1v) is 8.41. The minimum atomic E-state index is -0.106. The van der Waals surface area contributed by atoms with E-state index in [2.05, 4.69) is 10.2 Å². The Morgan fingerprint density at radius 3 is 2.59 bits per heavy atom. The van der Waals surface area contributed by atoms with Crippen LogP contribution in [0, 0.1) is 11.8 Å². The highest BCUT2D eigenvalue weighted by atomic mass is 16.3. The van der Waals surface area contributed by atoms with Crippen molar-refractivity contribution in [2.24, 2.45) is 11.8 Å². The van der Waals surface area contributed by atoms with Crippen molar-refractivity contribution in [3.05, 3.63) is 0 Å². The summed E-state index contributed by atoms with van der Waals surface area (Å²) in [5, 5.41) is 11.9. The van der Waals surface area contributed by atoms with Crippen LogP contribution in [0.2, 0.25) is 0 Å². The van der Waals surface area contributed by atoms with Crippen molar-refractivity contribution in [3.63, 3.8) is 0 Å². The monoisotopic (exact) mass is 311 g/mol. The standard InChI is InChI=1S/C16H29N3O3/c1-12(2)16(22)17-9-15(21)19-7-6-18(10-13-3-4-13)14(11-19)5-8-20/h12-14,20H,3-11H2,1-2H3,(H,17,22)/t14-/m0/s1.